The summed E-state index contributed by atoms with van der Waals surface area (Å²) in [5.41, 5.74) is 2.24. The number of nitrogens with zero attached hydrogens (tertiary/aromatic N) is 2. The Balaban J connectivity index is 0.00000156. The lowest BCUT2D eigenvalue weighted by molar-refractivity contribution is -0.124. The van der Waals surface area contributed by atoms with Gasteiger partial charge in [0, 0.05) is 37.4 Å². The van der Waals surface area contributed by atoms with E-state index in [-0.39, 0.29) is 24.8 Å². The van der Waals surface area contributed by atoms with Crippen molar-refractivity contribution in [1.29, 1.82) is 0 Å². The Morgan fingerprint density at radius 3 is 2.72 bits per heavy atom. The maximum atomic E-state index is 11.0. The Hall–Kier alpha value is -1.05. The van der Waals surface area contributed by atoms with Crippen molar-refractivity contribution >= 4 is 54.2 Å². The standard InChI is InChI=1S/C16H21ClN4O2.2ClH/c17-14-8-11(4-5-15(22)20-23)9-18-16(14)19-12-6-7-21(10-12)13-2-1-3-13;;/h4-5,8-9,12-13,23H,1-3,6-7,10H2,(H,18,19)(H,20,22);2*1H/t12-;;/m1../s1. The molecule has 1 aromatic heterocycles. The molecule has 1 aromatic rings. The Kier molecular flexibility index (Phi) is 8.96. The molecular weight excluding hydrogens is 387 g/mol. The molecule has 140 valence electrons. The lowest BCUT2D eigenvalue weighted by Gasteiger charge is -2.34. The molecule has 1 atom stereocenters. The minimum Gasteiger partial charge on any atom is -0.365 e. The average Bonchev–Trinajstić information content (AvgIpc) is 2.93. The predicted molar refractivity (Wildman–Crippen MR) is 104 cm³/mol. The van der Waals surface area contributed by atoms with Crippen LogP contribution in [0.1, 0.15) is 31.2 Å². The molecule has 3 rings (SSSR count). The number of anilines is 1. The average molecular weight is 410 g/mol. The first-order valence-corrected chi connectivity index (χ1v) is 8.32. The molecule has 1 saturated carbocycles. The van der Waals surface area contributed by atoms with Gasteiger partial charge in [0.1, 0.15) is 5.82 Å². The third-order valence-electron chi connectivity index (χ3n) is 4.55. The highest BCUT2D eigenvalue weighted by Crippen LogP contribution is 2.29. The minimum absolute atomic E-state index is 0. The fourth-order valence-corrected chi connectivity index (χ4v) is 3.27. The number of carbonyl (C=O) groups excluding carboxylic acids is 1. The van der Waals surface area contributed by atoms with Crippen LogP contribution in [0.3, 0.4) is 0 Å². The third kappa shape index (κ3) is 5.72. The predicted octanol–water partition coefficient (Wildman–Crippen LogP) is 3.14. The van der Waals surface area contributed by atoms with E-state index in [2.05, 4.69) is 15.2 Å². The van der Waals surface area contributed by atoms with Crippen LogP contribution < -0.4 is 10.8 Å². The maximum Gasteiger partial charge on any atom is 0.267 e. The highest BCUT2D eigenvalue weighted by Gasteiger charge is 2.31. The van der Waals surface area contributed by atoms with Gasteiger partial charge < -0.3 is 5.32 Å². The number of likely N-dealkylation sites (tertiary alicyclic amines) is 1. The smallest absolute Gasteiger partial charge is 0.267 e. The van der Waals surface area contributed by atoms with Crippen LogP contribution in [-0.4, -0.2) is 46.2 Å². The van der Waals surface area contributed by atoms with Crippen LogP contribution in [0.4, 0.5) is 5.82 Å². The summed E-state index contributed by atoms with van der Waals surface area (Å²) < 4.78 is 0. The van der Waals surface area contributed by atoms with Crippen LogP contribution in [0.5, 0.6) is 0 Å². The molecule has 9 heteroatoms. The van der Waals surface area contributed by atoms with Crippen molar-refractivity contribution in [3.8, 4) is 0 Å². The molecule has 1 amide bonds. The fourth-order valence-electron chi connectivity index (χ4n) is 3.04. The zero-order valence-corrected chi connectivity index (χ0v) is 16.0. The number of carbonyl (C=O) groups is 1. The van der Waals surface area contributed by atoms with Crippen molar-refractivity contribution < 1.29 is 10.0 Å². The fraction of sp³-hybridized carbons (Fsp3) is 0.500. The maximum absolute atomic E-state index is 11.0. The monoisotopic (exact) mass is 408 g/mol. The molecule has 2 aliphatic rings. The second-order valence-corrected chi connectivity index (χ2v) is 6.53. The van der Waals surface area contributed by atoms with Crippen LogP contribution in [-0.2, 0) is 4.79 Å². The summed E-state index contributed by atoms with van der Waals surface area (Å²) in [4.78, 5) is 17.9. The minimum atomic E-state index is -0.592. The first kappa shape index (κ1) is 22.0. The summed E-state index contributed by atoms with van der Waals surface area (Å²) in [7, 11) is 0. The van der Waals surface area contributed by atoms with E-state index < -0.39 is 5.91 Å². The summed E-state index contributed by atoms with van der Waals surface area (Å²) in [5.74, 6) is 0.0845. The van der Waals surface area contributed by atoms with Crippen LogP contribution >= 0.6 is 36.4 Å². The molecule has 6 nitrogen and oxygen atoms in total. The van der Waals surface area contributed by atoms with Crippen molar-refractivity contribution in [3.05, 3.63) is 28.9 Å². The Morgan fingerprint density at radius 2 is 2.12 bits per heavy atom. The van der Waals surface area contributed by atoms with Gasteiger partial charge in [-0.2, -0.15) is 0 Å². The summed E-state index contributed by atoms with van der Waals surface area (Å²) >= 11 is 6.27. The quantitative estimate of drug-likeness (QED) is 0.396. The van der Waals surface area contributed by atoms with Gasteiger partial charge in [-0.15, -0.1) is 24.8 Å². The lowest BCUT2D eigenvalue weighted by atomic mass is 9.92. The summed E-state index contributed by atoms with van der Waals surface area (Å²) in [6, 6.07) is 2.90. The zero-order chi connectivity index (χ0) is 16.2. The van der Waals surface area contributed by atoms with Gasteiger partial charge in [-0.3, -0.25) is 14.9 Å². The molecule has 0 radical (unpaired) electrons. The van der Waals surface area contributed by atoms with Crippen LogP contribution in [0, 0.1) is 0 Å². The number of aromatic nitrogens is 1. The van der Waals surface area contributed by atoms with Crippen molar-refractivity contribution in [3.63, 3.8) is 0 Å². The summed E-state index contributed by atoms with van der Waals surface area (Å²) in [5, 5.41) is 12.4. The zero-order valence-electron chi connectivity index (χ0n) is 13.7. The second-order valence-electron chi connectivity index (χ2n) is 6.12. The van der Waals surface area contributed by atoms with E-state index in [0.29, 0.717) is 22.4 Å². The lowest BCUT2D eigenvalue weighted by Crippen LogP contribution is -2.39. The molecule has 2 heterocycles. The van der Waals surface area contributed by atoms with Gasteiger partial charge in [-0.05, 0) is 37.0 Å². The second kappa shape index (κ2) is 10.2. The van der Waals surface area contributed by atoms with Gasteiger partial charge >= 0.3 is 0 Å². The van der Waals surface area contributed by atoms with Crippen molar-refractivity contribution in [2.45, 2.75) is 37.8 Å². The SMILES string of the molecule is Cl.Cl.O=C(C=Cc1cnc(N[C@@H]2CCN(C3CCC3)C2)c(Cl)c1)NO. The number of halogens is 3. The van der Waals surface area contributed by atoms with E-state index in [9.17, 15) is 4.79 Å². The highest BCUT2D eigenvalue weighted by atomic mass is 35.5. The molecule has 2 fully saturated rings. The van der Waals surface area contributed by atoms with E-state index in [0.717, 1.165) is 25.6 Å². The van der Waals surface area contributed by atoms with Gasteiger partial charge in [-0.25, -0.2) is 10.5 Å². The molecule has 0 bridgehead atoms. The molecule has 0 spiro atoms. The Bertz CT molecular complexity index is 611. The van der Waals surface area contributed by atoms with Gasteiger partial charge in [0.05, 0.1) is 5.02 Å². The normalized spacial score (nSPS) is 20.5. The first-order chi connectivity index (χ1) is 11.2. The van der Waals surface area contributed by atoms with E-state index in [1.54, 1.807) is 18.3 Å². The number of nitrogens with one attached hydrogen (secondary N) is 2. The van der Waals surface area contributed by atoms with E-state index in [1.807, 2.05) is 0 Å². The molecule has 1 aliphatic carbocycles. The molecular formula is C16H23Cl3N4O2. The molecule has 3 N–H and O–H groups in total. The van der Waals surface area contributed by atoms with Gasteiger partial charge in [0.15, 0.2) is 0 Å². The van der Waals surface area contributed by atoms with Gasteiger partial charge in [-0.1, -0.05) is 18.0 Å². The van der Waals surface area contributed by atoms with Crippen molar-refractivity contribution in [2.24, 2.45) is 0 Å². The van der Waals surface area contributed by atoms with Crippen LogP contribution in [0.2, 0.25) is 5.02 Å². The first-order valence-electron chi connectivity index (χ1n) is 7.94. The Morgan fingerprint density at radius 1 is 1.36 bits per heavy atom. The van der Waals surface area contributed by atoms with Crippen LogP contribution in [0.15, 0.2) is 18.3 Å². The summed E-state index contributed by atoms with van der Waals surface area (Å²) in [6.07, 6.45) is 9.52. The van der Waals surface area contributed by atoms with Gasteiger partial charge in [0.2, 0.25) is 0 Å². The Labute approximate surface area is 164 Å². The van der Waals surface area contributed by atoms with E-state index in [4.69, 9.17) is 16.8 Å². The number of pyridine rings is 1. The number of amides is 1. The molecule has 1 saturated heterocycles. The third-order valence-corrected chi connectivity index (χ3v) is 4.84. The molecule has 25 heavy (non-hydrogen) atoms. The molecule has 1 aliphatic heterocycles. The largest absolute Gasteiger partial charge is 0.365 e. The van der Waals surface area contributed by atoms with E-state index >= 15 is 0 Å². The topological polar surface area (TPSA) is 77.5 Å². The van der Waals surface area contributed by atoms with E-state index in [1.165, 1.54) is 30.8 Å². The number of rotatable bonds is 5. The van der Waals surface area contributed by atoms with Crippen LogP contribution in [0.25, 0.3) is 6.08 Å². The number of hydrogen-bond donors (Lipinski definition) is 3. The number of hydrogen-bond acceptors (Lipinski definition) is 5. The highest BCUT2D eigenvalue weighted by molar-refractivity contribution is 6.33. The number of hydroxylamine groups is 1. The molecule has 0 unspecified atom stereocenters. The van der Waals surface area contributed by atoms with Crippen molar-refractivity contribution in [1.82, 2.24) is 15.4 Å². The van der Waals surface area contributed by atoms with Gasteiger partial charge in [0.25, 0.3) is 5.91 Å². The van der Waals surface area contributed by atoms with Crippen molar-refractivity contribution in [2.75, 3.05) is 18.4 Å². The molecule has 0 aromatic carbocycles. The summed E-state index contributed by atoms with van der Waals surface area (Å²) in [6.45, 7) is 2.18.